The maximum absolute atomic E-state index is 14.9. The lowest BCUT2D eigenvalue weighted by atomic mass is 9.81. The molecule has 35 heavy (non-hydrogen) atoms. The number of pyridine rings is 2. The fraction of sp³-hybridized carbons (Fsp3) is 0.370. The molecule has 0 amide bonds. The van der Waals surface area contributed by atoms with E-state index in [0.717, 1.165) is 34.9 Å². The predicted octanol–water partition coefficient (Wildman–Crippen LogP) is 3.29. The van der Waals surface area contributed by atoms with Gasteiger partial charge in [-0.3, -0.25) is 4.79 Å². The second kappa shape index (κ2) is 7.57. The van der Waals surface area contributed by atoms with Gasteiger partial charge in [-0.2, -0.15) is 0 Å². The average Bonchev–Trinajstić information content (AvgIpc) is 3.22. The molecular weight excluding hydrogens is 449 g/mol. The van der Waals surface area contributed by atoms with Gasteiger partial charge in [-0.25, -0.2) is 14.2 Å². The lowest BCUT2D eigenvalue weighted by Gasteiger charge is -2.31. The number of aliphatic hydroxyl groups is 1. The predicted molar refractivity (Wildman–Crippen MR) is 128 cm³/mol. The van der Waals surface area contributed by atoms with Crippen LogP contribution in [0.4, 0.5) is 4.39 Å². The molecule has 0 saturated heterocycles. The molecule has 2 aromatic heterocycles. The van der Waals surface area contributed by atoms with Crippen LogP contribution in [0.5, 0.6) is 0 Å². The van der Waals surface area contributed by atoms with Crippen molar-refractivity contribution < 1.29 is 19.0 Å². The lowest BCUT2D eigenvalue weighted by Crippen LogP contribution is -2.44. The molecule has 0 radical (unpaired) electrons. The number of ether oxygens (including phenoxy) is 1. The number of carbonyl (C=O) groups is 1. The molecule has 2 aliphatic heterocycles. The van der Waals surface area contributed by atoms with Gasteiger partial charge in [0.2, 0.25) is 0 Å². The Hall–Kier alpha value is -3.36. The molecule has 4 heterocycles. The molecule has 0 unspecified atom stereocenters. The summed E-state index contributed by atoms with van der Waals surface area (Å²) < 4.78 is 21.7. The number of esters is 1. The average molecular weight is 476 g/mol. The molecule has 2 atom stereocenters. The Kier molecular flexibility index (Phi) is 4.78. The molecule has 0 fully saturated rings. The standard InChI is InChI=1S/C27H26FN3O4/c1-4-8-29-19-7-6-14-13(3)18(28)10-20-22(14)23(19)15-11-31-21(24(15)30-20)9-17-16(25(31)32)12-35-26(33)27(17,34)5-2/h4,9-10,19,29,34H,1,5-8,11-12H2,2-3H3/t19-,27-/m0/s1. The van der Waals surface area contributed by atoms with Gasteiger partial charge in [0.05, 0.1) is 29.0 Å². The van der Waals surface area contributed by atoms with Gasteiger partial charge in [-0.15, -0.1) is 6.58 Å². The van der Waals surface area contributed by atoms with E-state index >= 15 is 0 Å². The molecule has 1 aliphatic carbocycles. The Morgan fingerprint density at radius 2 is 2.14 bits per heavy atom. The zero-order valence-corrected chi connectivity index (χ0v) is 19.7. The third kappa shape index (κ3) is 2.87. The summed E-state index contributed by atoms with van der Waals surface area (Å²) in [5, 5.41) is 15.6. The number of aryl methyl sites for hydroxylation is 1. The number of hydrogen-bond donors (Lipinski definition) is 2. The Morgan fingerprint density at radius 1 is 1.34 bits per heavy atom. The van der Waals surface area contributed by atoms with Crippen LogP contribution in [0.3, 0.4) is 0 Å². The lowest BCUT2D eigenvalue weighted by molar-refractivity contribution is -0.172. The minimum absolute atomic E-state index is 0.00161. The van der Waals surface area contributed by atoms with Crippen LogP contribution in [-0.2, 0) is 34.7 Å². The van der Waals surface area contributed by atoms with Gasteiger partial charge in [-0.1, -0.05) is 13.0 Å². The molecule has 0 spiro atoms. The molecule has 3 aromatic rings. The first kappa shape index (κ1) is 22.1. The van der Waals surface area contributed by atoms with Crippen molar-refractivity contribution in [2.45, 2.75) is 57.9 Å². The Morgan fingerprint density at radius 3 is 2.89 bits per heavy atom. The van der Waals surface area contributed by atoms with Gasteiger partial charge in [0.15, 0.2) is 5.60 Å². The van der Waals surface area contributed by atoms with Crippen LogP contribution in [0.15, 0.2) is 29.6 Å². The number of aromatic nitrogens is 2. The summed E-state index contributed by atoms with van der Waals surface area (Å²) in [4.78, 5) is 30.9. The molecular formula is C27H26FN3O4. The van der Waals surface area contributed by atoms with Crippen LogP contribution in [0.2, 0.25) is 0 Å². The van der Waals surface area contributed by atoms with Crippen molar-refractivity contribution in [3.05, 3.63) is 74.3 Å². The first-order valence-corrected chi connectivity index (χ1v) is 12.0. The van der Waals surface area contributed by atoms with E-state index in [1.54, 1.807) is 30.6 Å². The summed E-state index contributed by atoms with van der Waals surface area (Å²) in [6.45, 7) is 8.05. The number of halogens is 1. The highest BCUT2D eigenvalue weighted by molar-refractivity contribution is 5.93. The van der Waals surface area contributed by atoms with E-state index in [1.165, 1.54) is 6.07 Å². The Balaban J connectivity index is 1.67. The van der Waals surface area contributed by atoms with Crippen LogP contribution in [-0.4, -0.2) is 27.2 Å². The minimum Gasteiger partial charge on any atom is -0.458 e. The van der Waals surface area contributed by atoms with Crippen LogP contribution in [0.1, 0.15) is 59.2 Å². The monoisotopic (exact) mass is 475 g/mol. The Labute approximate surface area is 201 Å². The van der Waals surface area contributed by atoms with Gasteiger partial charge in [0.25, 0.3) is 5.56 Å². The van der Waals surface area contributed by atoms with Crippen molar-refractivity contribution in [1.29, 1.82) is 0 Å². The first-order valence-electron chi connectivity index (χ1n) is 12.0. The summed E-state index contributed by atoms with van der Waals surface area (Å²) in [5.74, 6) is -1.06. The van der Waals surface area contributed by atoms with Crippen molar-refractivity contribution in [1.82, 2.24) is 14.9 Å². The molecule has 0 bridgehead atoms. The molecule has 0 saturated carbocycles. The van der Waals surface area contributed by atoms with Gasteiger partial charge in [0, 0.05) is 35.2 Å². The van der Waals surface area contributed by atoms with E-state index in [0.29, 0.717) is 35.6 Å². The Bertz CT molecular complexity index is 1530. The third-order valence-corrected chi connectivity index (χ3v) is 7.89. The fourth-order valence-electron chi connectivity index (χ4n) is 5.98. The SMILES string of the molecule is C=CCN[C@H]1CCc2c(C)c(F)cc3nc4c(c1c23)Cn1c-4cc2c(c1=O)COC(=O)[C@]2(O)CC. The number of rotatable bonds is 4. The minimum atomic E-state index is -1.89. The van der Waals surface area contributed by atoms with Crippen molar-refractivity contribution in [3.8, 4) is 11.4 Å². The summed E-state index contributed by atoms with van der Waals surface area (Å²) in [6, 6.07) is 3.16. The molecule has 3 aliphatic rings. The maximum atomic E-state index is 14.9. The van der Waals surface area contributed by atoms with Crippen LogP contribution in [0.25, 0.3) is 22.3 Å². The summed E-state index contributed by atoms with van der Waals surface area (Å²) in [7, 11) is 0. The topological polar surface area (TPSA) is 93.5 Å². The number of hydrogen-bond acceptors (Lipinski definition) is 6. The number of benzene rings is 1. The van der Waals surface area contributed by atoms with Gasteiger partial charge in [0.1, 0.15) is 12.4 Å². The third-order valence-electron chi connectivity index (χ3n) is 7.89. The van der Waals surface area contributed by atoms with E-state index in [9.17, 15) is 19.1 Å². The van der Waals surface area contributed by atoms with Gasteiger partial charge in [-0.05, 0) is 48.9 Å². The van der Waals surface area contributed by atoms with Gasteiger partial charge >= 0.3 is 5.97 Å². The molecule has 180 valence electrons. The zero-order chi connectivity index (χ0) is 24.6. The maximum Gasteiger partial charge on any atom is 0.343 e. The van der Waals surface area contributed by atoms with E-state index in [2.05, 4.69) is 11.9 Å². The van der Waals surface area contributed by atoms with Crippen molar-refractivity contribution in [2.75, 3.05) is 6.54 Å². The quantitative estimate of drug-likeness (QED) is 0.348. The number of nitrogens with one attached hydrogen (secondary N) is 1. The highest BCUT2D eigenvalue weighted by Gasteiger charge is 2.45. The van der Waals surface area contributed by atoms with Crippen LogP contribution >= 0.6 is 0 Å². The molecule has 1 aromatic carbocycles. The van der Waals surface area contributed by atoms with Gasteiger partial charge < -0.3 is 19.7 Å². The molecule has 2 N–H and O–H groups in total. The van der Waals surface area contributed by atoms with Crippen molar-refractivity contribution >= 4 is 16.9 Å². The second-order valence-electron chi connectivity index (χ2n) is 9.60. The largest absolute Gasteiger partial charge is 0.458 e. The smallest absolute Gasteiger partial charge is 0.343 e. The number of nitrogens with zero attached hydrogens (tertiary/aromatic N) is 2. The highest BCUT2D eigenvalue weighted by atomic mass is 19.1. The number of carbonyl (C=O) groups excluding carboxylic acids is 1. The van der Waals surface area contributed by atoms with E-state index in [-0.39, 0.29) is 41.6 Å². The second-order valence-corrected chi connectivity index (χ2v) is 9.60. The number of cyclic esters (lactones) is 1. The molecule has 7 nitrogen and oxygen atoms in total. The van der Waals surface area contributed by atoms with Crippen molar-refractivity contribution in [2.24, 2.45) is 0 Å². The zero-order valence-electron chi connectivity index (χ0n) is 19.7. The molecule has 6 rings (SSSR count). The van der Waals surface area contributed by atoms with E-state index in [1.807, 2.05) is 0 Å². The summed E-state index contributed by atoms with van der Waals surface area (Å²) in [6.07, 6.45) is 3.40. The first-order chi connectivity index (χ1) is 16.8. The van der Waals surface area contributed by atoms with Crippen molar-refractivity contribution in [3.63, 3.8) is 0 Å². The molecule has 8 heteroatoms. The summed E-state index contributed by atoms with van der Waals surface area (Å²) in [5.41, 5.74) is 3.57. The van der Waals surface area contributed by atoms with Crippen LogP contribution < -0.4 is 10.9 Å². The fourth-order valence-corrected chi connectivity index (χ4v) is 5.98. The van der Waals surface area contributed by atoms with E-state index < -0.39 is 11.6 Å². The summed E-state index contributed by atoms with van der Waals surface area (Å²) >= 11 is 0. The number of fused-ring (bicyclic) bond motifs is 5. The highest BCUT2D eigenvalue weighted by Crippen LogP contribution is 2.45. The van der Waals surface area contributed by atoms with Crippen LogP contribution in [0, 0.1) is 12.7 Å². The normalized spacial score (nSPS) is 21.9. The van der Waals surface area contributed by atoms with E-state index in [4.69, 9.17) is 9.72 Å².